The van der Waals surface area contributed by atoms with Crippen LogP contribution in [0.25, 0.3) is 0 Å². The second-order valence-corrected chi connectivity index (χ2v) is 6.75. The van der Waals surface area contributed by atoms with Crippen LogP contribution in [-0.4, -0.2) is 5.78 Å². The molecule has 19 heavy (non-hydrogen) atoms. The lowest BCUT2D eigenvalue weighted by Crippen LogP contribution is -2.12. The molecular formula is C16H16ClFO. The number of hydrogen-bond donors (Lipinski definition) is 0. The third-order valence-electron chi connectivity index (χ3n) is 5.50. The maximum absolute atomic E-state index is 13.4. The van der Waals surface area contributed by atoms with Gasteiger partial charge in [-0.05, 0) is 54.6 Å². The number of halogens is 2. The Labute approximate surface area is 117 Å². The Morgan fingerprint density at radius 1 is 1.26 bits per heavy atom. The quantitative estimate of drug-likeness (QED) is 0.820. The summed E-state index contributed by atoms with van der Waals surface area (Å²) in [5, 5.41) is 0.115. The maximum atomic E-state index is 13.4. The van der Waals surface area contributed by atoms with E-state index in [1.807, 2.05) is 0 Å². The van der Waals surface area contributed by atoms with E-state index in [0.717, 1.165) is 11.8 Å². The van der Waals surface area contributed by atoms with E-state index in [1.54, 1.807) is 12.1 Å². The smallest absolute Gasteiger partial charge is 0.142 e. The standard InChI is InChI=1S/C16H16ClFO/c17-16-10(2-1-3-11(16)18)7-12(19)15-13-8-4-5-9(6-8)14(13)15/h1-3,8-9,13-15H,4-7H2. The number of carbonyl (C=O) groups is 1. The molecule has 4 unspecified atom stereocenters. The first-order valence-corrected chi connectivity index (χ1v) is 7.50. The summed E-state index contributed by atoms with van der Waals surface area (Å²) in [7, 11) is 0. The van der Waals surface area contributed by atoms with Gasteiger partial charge in [0.15, 0.2) is 0 Å². The summed E-state index contributed by atoms with van der Waals surface area (Å²) in [6, 6.07) is 4.72. The van der Waals surface area contributed by atoms with Crippen molar-refractivity contribution in [2.24, 2.45) is 29.6 Å². The Balaban J connectivity index is 1.50. The number of ketones is 1. The molecule has 4 rings (SSSR count). The third-order valence-corrected chi connectivity index (χ3v) is 5.93. The Hall–Kier alpha value is -0.890. The van der Waals surface area contributed by atoms with E-state index in [9.17, 15) is 9.18 Å². The number of rotatable bonds is 3. The topological polar surface area (TPSA) is 17.1 Å². The van der Waals surface area contributed by atoms with E-state index in [1.165, 1.54) is 25.3 Å². The van der Waals surface area contributed by atoms with E-state index in [4.69, 9.17) is 11.6 Å². The monoisotopic (exact) mass is 278 g/mol. The molecule has 2 bridgehead atoms. The van der Waals surface area contributed by atoms with Crippen molar-refractivity contribution in [1.82, 2.24) is 0 Å². The van der Waals surface area contributed by atoms with Crippen LogP contribution in [0.4, 0.5) is 4.39 Å². The summed E-state index contributed by atoms with van der Waals surface area (Å²) in [6.07, 6.45) is 4.28. The molecule has 3 fully saturated rings. The summed E-state index contributed by atoms with van der Waals surface area (Å²) in [4.78, 5) is 12.4. The second kappa shape index (κ2) is 4.05. The van der Waals surface area contributed by atoms with Gasteiger partial charge in [0.25, 0.3) is 0 Å². The molecule has 0 radical (unpaired) electrons. The van der Waals surface area contributed by atoms with Gasteiger partial charge in [0.05, 0.1) is 5.02 Å². The van der Waals surface area contributed by atoms with Crippen LogP contribution < -0.4 is 0 Å². The molecule has 0 spiro atoms. The fraction of sp³-hybridized carbons (Fsp3) is 0.562. The van der Waals surface area contributed by atoms with Crippen molar-refractivity contribution in [2.45, 2.75) is 25.7 Å². The van der Waals surface area contributed by atoms with Gasteiger partial charge in [0, 0.05) is 12.3 Å². The lowest BCUT2D eigenvalue weighted by molar-refractivity contribution is -0.120. The zero-order valence-electron chi connectivity index (χ0n) is 10.6. The molecule has 1 nitrogen and oxygen atoms in total. The summed E-state index contributed by atoms with van der Waals surface area (Å²) >= 11 is 5.93. The fourth-order valence-corrected chi connectivity index (χ4v) is 4.94. The van der Waals surface area contributed by atoms with Crippen LogP contribution in [0.3, 0.4) is 0 Å². The van der Waals surface area contributed by atoms with Gasteiger partial charge in [-0.3, -0.25) is 4.79 Å². The van der Waals surface area contributed by atoms with Gasteiger partial charge in [-0.15, -0.1) is 0 Å². The summed E-state index contributed by atoms with van der Waals surface area (Å²) < 4.78 is 13.4. The highest BCUT2D eigenvalue weighted by Gasteiger charge is 2.66. The first-order chi connectivity index (χ1) is 9.16. The van der Waals surface area contributed by atoms with Crippen LogP contribution in [0.2, 0.25) is 5.02 Å². The molecule has 0 N–H and O–H groups in total. The minimum Gasteiger partial charge on any atom is -0.299 e. The first-order valence-electron chi connectivity index (χ1n) is 7.12. The van der Waals surface area contributed by atoms with Crippen molar-refractivity contribution in [1.29, 1.82) is 0 Å². The first kappa shape index (κ1) is 11.9. The molecule has 1 aromatic carbocycles. The van der Waals surface area contributed by atoms with E-state index >= 15 is 0 Å². The Morgan fingerprint density at radius 2 is 1.95 bits per heavy atom. The van der Waals surface area contributed by atoms with Crippen LogP contribution in [0.15, 0.2) is 18.2 Å². The van der Waals surface area contributed by atoms with Gasteiger partial charge in [-0.1, -0.05) is 23.7 Å². The summed E-state index contributed by atoms with van der Waals surface area (Å²) in [5.74, 6) is 3.00. The molecule has 0 heterocycles. The van der Waals surface area contributed by atoms with Crippen LogP contribution in [-0.2, 0) is 11.2 Å². The van der Waals surface area contributed by atoms with E-state index in [0.29, 0.717) is 23.8 Å². The average molecular weight is 279 g/mol. The van der Waals surface area contributed by atoms with Crippen LogP contribution in [0.5, 0.6) is 0 Å². The minimum atomic E-state index is -0.428. The lowest BCUT2D eigenvalue weighted by atomic mass is 9.96. The van der Waals surface area contributed by atoms with Gasteiger partial charge in [-0.2, -0.15) is 0 Å². The molecule has 0 aliphatic heterocycles. The average Bonchev–Trinajstić information content (AvgIpc) is 2.84. The normalized spacial score (nSPS) is 38.3. The second-order valence-electron chi connectivity index (χ2n) is 6.37. The molecule has 3 aliphatic rings. The molecule has 3 aliphatic carbocycles. The van der Waals surface area contributed by atoms with Crippen molar-refractivity contribution >= 4 is 17.4 Å². The molecule has 0 amide bonds. The van der Waals surface area contributed by atoms with Crippen molar-refractivity contribution in [3.63, 3.8) is 0 Å². The predicted molar refractivity (Wildman–Crippen MR) is 71.4 cm³/mol. The van der Waals surface area contributed by atoms with Gasteiger partial charge in [-0.25, -0.2) is 4.39 Å². The number of Topliss-reactive ketones (excluding diaryl/α,β-unsaturated/α-hetero) is 1. The summed E-state index contributed by atoms with van der Waals surface area (Å²) in [6.45, 7) is 0. The van der Waals surface area contributed by atoms with Gasteiger partial charge in [0.2, 0.25) is 0 Å². The van der Waals surface area contributed by atoms with E-state index in [-0.39, 0.29) is 16.7 Å². The molecule has 0 aromatic heterocycles. The summed E-state index contributed by atoms with van der Waals surface area (Å²) in [5.41, 5.74) is 0.643. The van der Waals surface area contributed by atoms with Crippen molar-refractivity contribution < 1.29 is 9.18 Å². The number of fused-ring (bicyclic) bond motifs is 5. The van der Waals surface area contributed by atoms with E-state index in [2.05, 4.69) is 0 Å². The maximum Gasteiger partial charge on any atom is 0.142 e. The molecule has 0 saturated heterocycles. The lowest BCUT2D eigenvalue weighted by Gasteiger charge is -2.09. The Morgan fingerprint density at radius 3 is 2.63 bits per heavy atom. The highest BCUT2D eigenvalue weighted by molar-refractivity contribution is 6.31. The van der Waals surface area contributed by atoms with Crippen LogP contribution in [0.1, 0.15) is 24.8 Å². The zero-order valence-corrected chi connectivity index (χ0v) is 11.4. The minimum absolute atomic E-state index is 0.115. The Kier molecular flexibility index (Phi) is 2.54. The fourth-order valence-electron chi connectivity index (χ4n) is 4.75. The molecule has 3 heteroatoms. The van der Waals surface area contributed by atoms with Crippen molar-refractivity contribution in [3.8, 4) is 0 Å². The number of carbonyl (C=O) groups excluding carboxylic acids is 1. The third kappa shape index (κ3) is 1.69. The zero-order chi connectivity index (χ0) is 13.1. The predicted octanol–water partition coefficient (Wildman–Crippen LogP) is 3.88. The molecule has 100 valence electrons. The molecule has 4 atom stereocenters. The van der Waals surface area contributed by atoms with Gasteiger partial charge in [0.1, 0.15) is 11.6 Å². The van der Waals surface area contributed by atoms with Gasteiger partial charge < -0.3 is 0 Å². The molecule has 3 saturated carbocycles. The largest absolute Gasteiger partial charge is 0.299 e. The van der Waals surface area contributed by atoms with Crippen molar-refractivity contribution in [3.05, 3.63) is 34.6 Å². The van der Waals surface area contributed by atoms with Gasteiger partial charge >= 0.3 is 0 Å². The molecular weight excluding hydrogens is 263 g/mol. The van der Waals surface area contributed by atoms with Crippen molar-refractivity contribution in [2.75, 3.05) is 0 Å². The number of benzene rings is 1. The van der Waals surface area contributed by atoms with E-state index < -0.39 is 5.82 Å². The highest BCUT2D eigenvalue weighted by atomic mass is 35.5. The molecule has 1 aromatic rings. The SMILES string of the molecule is O=C(Cc1cccc(F)c1Cl)C1C2C3CCC(C3)C12. The van der Waals surface area contributed by atoms with Crippen LogP contribution >= 0.6 is 11.6 Å². The Bertz CT molecular complexity index is 540. The highest BCUT2D eigenvalue weighted by Crippen LogP contribution is 2.69. The van der Waals surface area contributed by atoms with Crippen LogP contribution in [0, 0.1) is 35.4 Å². The number of hydrogen-bond acceptors (Lipinski definition) is 1.